The minimum Gasteiger partial charge on any atom is -0.494 e. The number of anilines is 2. The highest BCUT2D eigenvalue weighted by atomic mass is 32.2. The molecule has 1 amide bonds. The van der Waals surface area contributed by atoms with E-state index in [0.29, 0.717) is 24.0 Å². The van der Waals surface area contributed by atoms with E-state index >= 15 is 0 Å². The first-order chi connectivity index (χ1) is 19.2. The summed E-state index contributed by atoms with van der Waals surface area (Å²) in [6.07, 6.45) is 4.40. The molecule has 3 aromatic rings. The third-order valence-electron chi connectivity index (χ3n) is 7.16. The summed E-state index contributed by atoms with van der Waals surface area (Å²) in [4.78, 5) is 16.7. The number of rotatable bonds is 11. The molecular formula is C31H39N3O4S2. The molecule has 1 heterocycles. The second-order valence-corrected chi connectivity index (χ2v) is 12.9. The Bertz CT molecular complexity index is 1360. The minimum atomic E-state index is -4.01. The maximum atomic E-state index is 13.7. The van der Waals surface area contributed by atoms with Crippen molar-refractivity contribution in [2.24, 2.45) is 5.92 Å². The second kappa shape index (κ2) is 13.5. The molecule has 1 N–H and O–H groups in total. The quantitative estimate of drug-likeness (QED) is 0.275. The van der Waals surface area contributed by atoms with E-state index in [4.69, 9.17) is 4.74 Å². The second-order valence-electron chi connectivity index (χ2n) is 10.2. The SMILES string of the molecule is CCOc1ccc(N(CC(=O)NC(C)c2ccc(N3CCCC(C)C3)cc2)S(=O)(=O)c2ccc(SC)cc2)cc1. The molecule has 0 bridgehead atoms. The topological polar surface area (TPSA) is 79.0 Å². The van der Waals surface area contributed by atoms with Gasteiger partial charge < -0.3 is 15.0 Å². The fourth-order valence-electron chi connectivity index (χ4n) is 4.96. The van der Waals surface area contributed by atoms with Gasteiger partial charge in [-0.15, -0.1) is 11.8 Å². The summed E-state index contributed by atoms with van der Waals surface area (Å²) in [5, 5.41) is 2.99. The normalized spacial score (nSPS) is 16.3. The molecule has 214 valence electrons. The van der Waals surface area contributed by atoms with Crippen LogP contribution in [0.2, 0.25) is 0 Å². The zero-order valence-electron chi connectivity index (χ0n) is 23.7. The largest absolute Gasteiger partial charge is 0.494 e. The van der Waals surface area contributed by atoms with E-state index in [2.05, 4.69) is 29.3 Å². The number of piperidine rings is 1. The van der Waals surface area contributed by atoms with Gasteiger partial charge in [0.05, 0.1) is 23.2 Å². The molecule has 0 spiro atoms. The molecule has 1 aliphatic rings. The Balaban J connectivity index is 1.51. The first-order valence-corrected chi connectivity index (χ1v) is 16.4. The monoisotopic (exact) mass is 581 g/mol. The van der Waals surface area contributed by atoms with Gasteiger partial charge in [0.15, 0.2) is 0 Å². The van der Waals surface area contributed by atoms with Crippen LogP contribution in [-0.4, -0.2) is 46.8 Å². The molecule has 0 saturated carbocycles. The fourth-order valence-corrected chi connectivity index (χ4v) is 6.79. The molecule has 1 saturated heterocycles. The Morgan fingerprint density at radius 2 is 1.75 bits per heavy atom. The van der Waals surface area contributed by atoms with Crippen molar-refractivity contribution in [1.82, 2.24) is 5.32 Å². The minimum absolute atomic E-state index is 0.127. The van der Waals surface area contributed by atoms with Crippen LogP contribution in [0.3, 0.4) is 0 Å². The fraction of sp³-hybridized carbons (Fsp3) is 0.387. The molecule has 1 aliphatic heterocycles. The van der Waals surface area contributed by atoms with Crippen LogP contribution in [0, 0.1) is 5.92 Å². The van der Waals surface area contributed by atoms with Crippen molar-refractivity contribution < 1.29 is 17.9 Å². The number of ether oxygens (including phenoxy) is 1. The highest BCUT2D eigenvalue weighted by Gasteiger charge is 2.28. The van der Waals surface area contributed by atoms with E-state index in [1.807, 2.05) is 32.2 Å². The summed E-state index contributed by atoms with van der Waals surface area (Å²) in [6, 6.07) is 21.4. The number of sulfonamides is 1. The van der Waals surface area contributed by atoms with Gasteiger partial charge in [-0.25, -0.2) is 8.42 Å². The standard InChI is InChI=1S/C31H39N3O4S2/c1-5-38-28-14-12-27(13-15-28)34(40(36,37)30-18-16-29(39-4)17-19-30)22-31(35)32-24(3)25-8-10-26(11-9-25)33-20-6-7-23(2)21-33/h8-19,23-24H,5-7,20-22H2,1-4H3,(H,32,35). The molecule has 2 unspecified atom stereocenters. The van der Waals surface area contributed by atoms with E-state index in [1.54, 1.807) is 48.5 Å². The lowest BCUT2D eigenvalue weighted by molar-refractivity contribution is -0.120. The molecule has 3 aromatic carbocycles. The lowest BCUT2D eigenvalue weighted by atomic mass is 9.99. The van der Waals surface area contributed by atoms with Gasteiger partial charge in [-0.2, -0.15) is 0 Å². The Labute approximate surface area is 243 Å². The van der Waals surface area contributed by atoms with E-state index in [-0.39, 0.29) is 23.4 Å². The van der Waals surface area contributed by atoms with Crippen molar-refractivity contribution in [3.05, 3.63) is 78.4 Å². The van der Waals surface area contributed by atoms with E-state index in [0.717, 1.165) is 27.9 Å². The van der Waals surface area contributed by atoms with Gasteiger partial charge in [0.2, 0.25) is 5.91 Å². The van der Waals surface area contributed by atoms with Crippen LogP contribution in [0.15, 0.2) is 82.6 Å². The number of carbonyl (C=O) groups is 1. The Hall–Kier alpha value is -3.17. The van der Waals surface area contributed by atoms with Gasteiger partial charge in [0.25, 0.3) is 10.0 Å². The summed E-state index contributed by atoms with van der Waals surface area (Å²) in [7, 11) is -4.01. The molecule has 4 rings (SSSR count). The summed E-state index contributed by atoms with van der Waals surface area (Å²) in [6.45, 7) is 8.35. The van der Waals surface area contributed by atoms with Crippen LogP contribution in [0.25, 0.3) is 0 Å². The summed E-state index contributed by atoms with van der Waals surface area (Å²) in [5.41, 5.74) is 2.54. The molecule has 0 aliphatic carbocycles. The number of hydrogen-bond donors (Lipinski definition) is 1. The third-order valence-corrected chi connectivity index (χ3v) is 9.69. The van der Waals surface area contributed by atoms with E-state index in [1.165, 1.54) is 30.3 Å². The highest BCUT2D eigenvalue weighted by molar-refractivity contribution is 7.98. The number of nitrogens with zero attached hydrogens (tertiary/aromatic N) is 2. The first kappa shape index (κ1) is 29.8. The zero-order valence-corrected chi connectivity index (χ0v) is 25.3. The average Bonchev–Trinajstić information content (AvgIpc) is 2.96. The van der Waals surface area contributed by atoms with Crippen LogP contribution in [-0.2, 0) is 14.8 Å². The maximum Gasteiger partial charge on any atom is 0.264 e. The third kappa shape index (κ3) is 7.31. The predicted octanol–water partition coefficient (Wildman–Crippen LogP) is 6.12. The average molecular weight is 582 g/mol. The molecule has 7 nitrogen and oxygen atoms in total. The van der Waals surface area contributed by atoms with Crippen LogP contribution in [0.5, 0.6) is 5.75 Å². The predicted molar refractivity (Wildman–Crippen MR) is 164 cm³/mol. The molecule has 0 aromatic heterocycles. The molecule has 40 heavy (non-hydrogen) atoms. The van der Waals surface area contributed by atoms with Gasteiger partial charge in [-0.1, -0.05) is 19.1 Å². The highest BCUT2D eigenvalue weighted by Crippen LogP contribution is 2.28. The van der Waals surface area contributed by atoms with E-state index in [9.17, 15) is 13.2 Å². The number of hydrogen-bond acceptors (Lipinski definition) is 6. The lowest BCUT2D eigenvalue weighted by Gasteiger charge is -2.33. The first-order valence-electron chi connectivity index (χ1n) is 13.7. The van der Waals surface area contributed by atoms with Gasteiger partial charge in [0.1, 0.15) is 12.3 Å². The van der Waals surface area contributed by atoms with Crippen molar-refractivity contribution in [3.63, 3.8) is 0 Å². The van der Waals surface area contributed by atoms with Crippen LogP contribution >= 0.6 is 11.8 Å². The number of thioether (sulfide) groups is 1. The number of carbonyl (C=O) groups excluding carboxylic acids is 1. The Morgan fingerprint density at radius 1 is 1.07 bits per heavy atom. The van der Waals surface area contributed by atoms with Gasteiger partial charge >= 0.3 is 0 Å². The van der Waals surface area contributed by atoms with Gasteiger partial charge in [-0.05, 0) is 105 Å². The van der Waals surface area contributed by atoms with E-state index < -0.39 is 10.0 Å². The smallest absolute Gasteiger partial charge is 0.264 e. The molecule has 9 heteroatoms. The number of benzene rings is 3. The molecule has 2 atom stereocenters. The van der Waals surface area contributed by atoms with Crippen molar-refractivity contribution in [2.45, 2.75) is 49.4 Å². The number of amides is 1. The van der Waals surface area contributed by atoms with Crippen molar-refractivity contribution in [3.8, 4) is 5.75 Å². The Morgan fingerprint density at radius 3 is 2.35 bits per heavy atom. The van der Waals surface area contributed by atoms with Gasteiger partial charge in [-0.3, -0.25) is 9.10 Å². The van der Waals surface area contributed by atoms with Crippen molar-refractivity contribution in [1.29, 1.82) is 0 Å². The van der Waals surface area contributed by atoms with Crippen molar-refractivity contribution >= 4 is 39.1 Å². The molecule has 0 radical (unpaired) electrons. The molecule has 1 fully saturated rings. The summed E-state index contributed by atoms with van der Waals surface area (Å²) >= 11 is 1.53. The lowest BCUT2D eigenvalue weighted by Crippen LogP contribution is -2.41. The number of nitrogens with one attached hydrogen (secondary N) is 1. The summed E-state index contributed by atoms with van der Waals surface area (Å²) in [5.74, 6) is 0.929. The van der Waals surface area contributed by atoms with Crippen LogP contribution < -0.4 is 19.3 Å². The zero-order chi connectivity index (χ0) is 28.7. The van der Waals surface area contributed by atoms with Gasteiger partial charge in [0, 0.05) is 23.7 Å². The van der Waals surface area contributed by atoms with Crippen LogP contribution in [0.1, 0.15) is 45.2 Å². The Kier molecular flexibility index (Phi) is 10.0. The maximum absolute atomic E-state index is 13.7. The van der Waals surface area contributed by atoms with Crippen molar-refractivity contribution in [2.75, 3.05) is 41.7 Å². The molecular weight excluding hydrogens is 542 g/mol. The van der Waals surface area contributed by atoms with Crippen LogP contribution in [0.4, 0.5) is 11.4 Å². The summed E-state index contributed by atoms with van der Waals surface area (Å²) < 4.78 is 34.2.